The van der Waals surface area contributed by atoms with E-state index in [0.29, 0.717) is 0 Å². The molecule has 2 rings (SSSR count). The van der Waals surface area contributed by atoms with Crippen molar-refractivity contribution in [1.82, 2.24) is 15.1 Å². The van der Waals surface area contributed by atoms with E-state index >= 15 is 0 Å². The third-order valence-electron chi connectivity index (χ3n) is 4.68. The summed E-state index contributed by atoms with van der Waals surface area (Å²) in [7, 11) is 0. The quantitative estimate of drug-likeness (QED) is 0.688. The summed E-state index contributed by atoms with van der Waals surface area (Å²) in [5.74, 6) is 0. The van der Waals surface area contributed by atoms with Gasteiger partial charge in [0.15, 0.2) is 0 Å². The molecule has 0 amide bonds. The molecule has 4 nitrogen and oxygen atoms in total. The van der Waals surface area contributed by atoms with Gasteiger partial charge in [-0.15, -0.1) is 0 Å². The van der Waals surface area contributed by atoms with Gasteiger partial charge in [-0.05, 0) is 52.1 Å². The van der Waals surface area contributed by atoms with E-state index < -0.39 is 0 Å². The largest absolute Gasteiger partial charge is 0.301 e. The van der Waals surface area contributed by atoms with Crippen molar-refractivity contribution in [3.8, 4) is 6.07 Å². The Bertz CT molecular complexity index is 326. The molecule has 0 spiro atoms. The van der Waals surface area contributed by atoms with Gasteiger partial charge in [0, 0.05) is 32.2 Å². The fourth-order valence-corrected chi connectivity index (χ4v) is 3.18. The molecular weight excluding hydrogens is 248 g/mol. The van der Waals surface area contributed by atoms with Crippen LogP contribution in [0.15, 0.2) is 0 Å². The second-order valence-electron chi connectivity index (χ2n) is 6.54. The van der Waals surface area contributed by atoms with Crippen LogP contribution in [-0.4, -0.2) is 60.6 Å². The Morgan fingerprint density at radius 1 is 1.20 bits per heavy atom. The van der Waals surface area contributed by atoms with Gasteiger partial charge in [-0.25, -0.2) is 0 Å². The van der Waals surface area contributed by atoms with Crippen LogP contribution in [0.2, 0.25) is 0 Å². The lowest BCUT2D eigenvalue weighted by molar-refractivity contribution is 0.124. The molecule has 20 heavy (non-hydrogen) atoms. The van der Waals surface area contributed by atoms with E-state index in [9.17, 15) is 5.26 Å². The van der Waals surface area contributed by atoms with E-state index in [0.717, 1.165) is 25.4 Å². The molecule has 1 saturated carbocycles. The van der Waals surface area contributed by atoms with Gasteiger partial charge in [0.25, 0.3) is 0 Å². The molecule has 2 aliphatic rings. The van der Waals surface area contributed by atoms with E-state index in [-0.39, 0.29) is 5.54 Å². The lowest BCUT2D eigenvalue weighted by Gasteiger charge is -2.35. The van der Waals surface area contributed by atoms with Gasteiger partial charge in [0.2, 0.25) is 0 Å². The van der Waals surface area contributed by atoms with Crippen molar-refractivity contribution in [3.05, 3.63) is 0 Å². The molecule has 1 aliphatic carbocycles. The van der Waals surface area contributed by atoms with Gasteiger partial charge in [0.1, 0.15) is 5.54 Å². The zero-order chi connectivity index (χ0) is 14.4. The molecule has 0 aromatic rings. The zero-order valence-corrected chi connectivity index (χ0v) is 13.2. The van der Waals surface area contributed by atoms with Crippen molar-refractivity contribution in [3.63, 3.8) is 0 Å². The Hall–Kier alpha value is -0.630. The summed E-state index contributed by atoms with van der Waals surface area (Å²) in [5, 5.41) is 12.5. The third kappa shape index (κ3) is 4.73. The summed E-state index contributed by atoms with van der Waals surface area (Å²) in [6, 6.07) is 3.34. The molecule has 1 atom stereocenters. The number of nitrogens with one attached hydrogen (secondary N) is 1. The lowest BCUT2D eigenvalue weighted by Crippen LogP contribution is -2.47. The Morgan fingerprint density at radius 2 is 1.90 bits per heavy atom. The molecule has 1 unspecified atom stereocenters. The van der Waals surface area contributed by atoms with Crippen LogP contribution < -0.4 is 5.32 Å². The minimum Gasteiger partial charge on any atom is -0.301 e. The van der Waals surface area contributed by atoms with E-state index in [4.69, 9.17) is 0 Å². The summed E-state index contributed by atoms with van der Waals surface area (Å²) >= 11 is 0. The third-order valence-corrected chi connectivity index (χ3v) is 4.68. The van der Waals surface area contributed by atoms with Crippen LogP contribution in [0.1, 0.15) is 46.0 Å². The molecule has 0 aromatic carbocycles. The number of hydrogen-bond acceptors (Lipinski definition) is 4. The molecule has 1 saturated heterocycles. The van der Waals surface area contributed by atoms with E-state index in [1.807, 2.05) is 6.92 Å². The van der Waals surface area contributed by atoms with Gasteiger partial charge >= 0.3 is 0 Å². The minimum atomic E-state index is -0.334. The van der Waals surface area contributed by atoms with Gasteiger partial charge in [0.05, 0.1) is 6.07 Å². The van der Waals surface area contributed by atoms with Crippen molar-refractivity contribution >= 4 is 0 Å². The second kappa shape index (κ2) is 7.40. The molecule has 1 N–H and O–H groups in total. The van der Waals surface area contributed by atoms with E-state index in [2.05, 4.69) is 28.1 Å². The van der Waals surface area contributed by atoms with Crippen LogP contribution in [0.25, 0.3) is 0 Å². The maximum Gasteiger partial charge on any atom is 0.103 e. The standard InChI is InChI=1S/C16H30N4/c1-3-18-16(2,14-17)8-4-5-9-19-10-12-20(13-11-19)15-6-7-15/h15,18H,3-13H2,1-2H3. The highest BCUT2D eigenvalue weighted by atomic mass is 15.3. The summed E-state index contributed by atoms with van der Waals surface area (Å²) in [4.78, 5) is 5.25. The minimum absolute atomic E-state index is 0.334. The molecule has 0 bridgehead atoms. The van der Waals surface area contributed by atoms with E-state index in [1.165, 1.54) is 52.0 Å². The van der Waals surface area contributed by atoms with Crippen LogP contribution in [0.5, 0.6) is 0 Å². The molecule has 0 aromatic heterocycles. The van der Waals surface area contributed by atoms with Crippen molar-refractivity contribution in [2.75, 3.05) is 39.3 Å². The van der Waals surface area contributed by atoms with Gasteiger partial charge < -0.3 is 4.90 Å². The zero-order valence-electron chi connectivity index (χ0n) is 13.2. The summed E-state index contributed by atoms with van der Waals surface area (Å²) in [5.41, 5.74) is -0.334. The molecule has 1 heterocycles. The lowest BCUT2D eigenvalue weighted by atomic mass is 9.96. The van der Waals surface area contributed by atoms with E-state index in [1.54, 1.807) is 0 Å². The highest BCUT2D eigenvalue weighted by molar-refractivity contribution is 5.03. The number of rotatable bonds is 8. The second-order valence-corrected chi connectivity index (χ2v) is 6.54. The van der Waals surface area contributed by atoms with Crippen LogP contribution in [0.4, 0.5) is 0 Å². The maximum atomic E-state index is 9.22. The highest BCUT2D eigenvalue weighted by Crippen LogP contribution is 2.27. The van der Waals surface area contributed by atoms with Crippen LogP contribution >= 0.6 is 0 Å². The summed E-state index contributed by atoms with van der Waals surface area (Å²) in [6.07, 6.45) is 6.17. The first-order chi connectivity index (χ1) is 9.67. The fraction of sp³-hybridized carbons (Fsp3) is 0.938. The van der Waals surface area contributed by atoms with Crippen molar-refractivity contribution in [2.24, 2.45) is 0 Å². The van der Waals surface area contributed by atoms with Gasteiger partial charge in [-0.2, -0.15) is 5.26 Å². The first-order valence-electron chi connectivity index (χ1n) is 8.29. The predicted molar refractivity (Wildman–Crippen MR) is 82.6 cm³/mol. The van der Waals surface area contributed by atoms with Crippen molar-refractivity contribution in [2.45, 2.75) is 57.5 Å². The number of piperazine rings is 1. The van der Waals surface area contributed by atoms with Gasteiger partial charge in [-0.3, -0.25) is 10.2 Å². The topological polar surface area (TPSA) is 42.3 Å². The number of unbranched alkanes of at least 4 members (excludes halogenated alkanes) is 1. The fourth-order valence-electron chi connectivity index (χ4n) is 3.18. The molecular formula is C16H30N4. The normalized spacial score (nSPS) is 24.2. The maximum absolute atomic E-state index is 9.22. The Kier molecular flexibility index (Phi) is 5.83. The summed E-state index contributed by atoms with van der Waals surface area (Å²) in [6.45, 7) is 11.1. The Morgan fingerprint density at radius 3 is 2.45 bits per heavy atom. The summed E-state index contributed by atoms with van der Waals surface area (Å²) < 4.78 is 0. The molecule has 0 radical (unpaired) electrons. The Labute approximate surface area is 124 Å². The van der Waals surface area contributed by atoms with Crippen LogP contribution in [0, 0.1) is 11.3 Å². The molecule has 4 heteroatoms. The molecule has 2 fully saturated rings. The highest BCUT2D eigenvalue weighted by Gasteiger charge is 2.31. The first-order valence-corrected chi connectivity index (χ1v) is 8.29. The average Bonchev–Trinajstić information content (AvgIpc) is 3.29. The first kappa shape index (κ1) is 15.8. The predicted octanol–water partition coefficient (Wildman–Crippen LogP) is 1.83. The monoisotopic (exact) mass is 278 g/mol. The Balaban J connectivity index is 1.56. The number of nitrogens with zero attached hydrogens (tertiary/aromatic N) is 3. The van der Waals surface area contributed by atoms with Crippen LogP contribution in [-0.2, 0) is 0 Å². The van der Waals surface area contributed by atoms with Crippen molar-refractivity contribution in [1.29, 1.82) is 5.26 Å². The van der Waals surface area contributed by atoms with Crippen molar-refractivity contribution < 1.29 is 0 Å². The number of nitriles is 1. The van der Waals surface area contributed by atoms with Crippen LogP contribution in [0.3, 0.4) is 0 Å². The SMILES string of the molecule is CCNC(C)(C#N)CCCCN1CCN(C2CC2)CC1. The smallest absolute Gasteiger partial charge is 0.103 e. The van der Waals surface area contributed by atoms with Gasteiger partial charge in [-0.1, -0.05) is 6.92 Å². The number of hydrogen-bond donors (Lipinski definition) is 1. The molecule has 114 valence electrons. The average molecular weight is 278 g/mol. The molecule has 1 aliphatic heterocycles.